The summed E-state index contributed by atoms with van der Waals surface area (Å²) in [6, 6.07) is 5.69. The summed E-state index contributed by atoms with van der Waals surface area (Å²) in [6.45, 7) is 3.02. The highest BCUT2D eigenvalue weighted by atomic mass is 16.6. The monoisotopic (exact) mass is 400 g/mol. The van der Waals surface area contributed by atoms with E-state index in [0.29, 0.717) is 5.56 Å². The van der Waals surface area contributed by atoms with Crippen LogP contribution < -0.4 is 0 Å². The van der Waals surface area contributed by atoms with Gasteiger partial charge in [0.05, 0.1) is 6.42 Å². The molecule has 0 amide bonds. The highest BCUT2D eigenvalue weighted by molar-refractivity contribution is 6.09. The average molecular weight is 400 g/mol. The quantitative estimate of drug-likeness (QED) is 0.315. The number of nitrogens with zero attached hydrogens (tertiary/aromatic N) is 1. The van der Waals surface area contributed by atoms with Gasteiger partial charge in [-0.05, 0) is 17.9 Å². The van der Waals surface area contributed by atoms with Gasteiger partial charge in [-0.25, -0.2) is 0 Å². The van der Waals surface area contributed by atoms with E-state index in [2.05, 4.69) is 4.98 Å². The summed E-state index contributed by atoms with van der Waals surface area (Å²) in [5, 5.41) is 11.6. The summed E-state index contributed by atoms with van der Waals surface area (Å²) in [6.07, 6.45) is 2.42. The van der Waals surface area contributed by atoms with Crippen molar-refractivity contribution in [2.24, 2.45) is 17.8 Å². The normalized spacial score (nSPS) is 21.4. The van der Waals surface area contributed by atoms with Crippen LogP contribution in [0, 0.1) is 27.9 Å². The van der Waals surface area contributed by atoms with Crippen molar-refractivity contribution < 1.29 is 24.0 Å². The minimum Gasteiger partial charge on any atom is -0.457 e. The zero-order chi connectivity index (χ0) is 21.1. The molecule has 2 aromatic rings. The molecule has 1 N–H and O–H groups in total. The molecule has 1 saturated carbocycles. The number of carbonyl (C=O) groups excluding carboxylic acids is 3. The molecule has 3 rings (SSSR count). The van der Waals surface area contributed by atoms with Gasteiger partial charge < -0.3 is 9.72 Å². The van der Waals surface area contributed by atoms with E-state index in [4.69, 9.17) is 4.74 Å². The number of esters is 1. The van der Waals surface area contributed by atoms with E-state index in [1.54, 1.807) is 13.1 Å². The Bertz CT molecular complexity index is 963. The number of hydrogen-bond donors (Lipinski definition) is 1. The Morgan fingerprint density at radius 2 is 2.10 bits per heavy atom. The predicted molar refractivity (Wildman–Crippen MR) is 105 cm³/mol. The molecule has 0 spiro atoms. The number of H-pyrrole nitrogens is 1. The number of para-hydroxylation sites is 1. The van der Waals surface area contributed by atoms with Gasteiger partial charge in [-0.1, -0.05) is 32.0 Å². The standard InChI is InChI=1S/C21H24N2O6/c1-3-13-5-4-6-14-16(9-22-21(13)14)19(25)11-29-20(26)8-15-17(10-23(27)28)12(2)7-18(15)24/h4-6,9,12,15,17,22H,3,7-8,10-11H2,1-2H3/t12-,15+,17-/m1/s1. The molecule has 1 aliphatic carbocycles. The first-order chi connectivity index (χ1) is 13.8. The molecule has 1 aromatic carbocycles. The lowest BCUT2D eigenvalue weighted by molar-refractivity contribution is -0.490. The Morgan fingerprint density at radius 1 is 1.34 bits per heavy atom. The van der Waals surface area contributed by atoms with Crippen molar-refractivity contribution in [3.63, 3.8) is 0 Å². The van der Waals surface area contributed by atoms with E-state index in [0.717, 1.165) is 22.9 Å². The van der Waals surface area contributed by atoms with Gasteiger partial charge in [0.2, 0.25) is 12.3 Å². The van der Waals surface area contributed by atoms with Crippen molar-refractivity contribution in [2.75, 3.05) is 13.2 Å². The zero-order valence-corrected chi connectivity index (χ0v) is 16.5. The topological polar surface area (TPSA) is 119 Å². The number of nitro groups is 1. The second kappa shape index (κ2) is 8.55. The fourth-order valence-corrected chi connectivity index (χ4v) is 4.20. The number of hydrogen-bond acceptors (Lipinski definition) is 6. The molecule has 1 fully saturated rings. The zero-order valence-electron chi connectivity index (χ0n) is 16.5. The van der Waals surface area contributed by atoms with Crippen LogP contribution in [0.4, 0.5) is 0 Å². The molecular formula is C21H24N2O6. The summed E-state index contributed by atoms with van der Waals surface area (Å²) in [4.78, 5) is 50.4. The van der Waals surface area contributed by atoms with E-state index in [9.17, 15) is 24.5 Å². The first-order valence-corrected chi connectivity index (χ1v) is 9.74. The minimum atomic E-state index is -0.724. The van der Waals surface area contributed by atoms with Crippen LogP contribution in [-0.4, -0.2) is 40.6 Å². The summed E-state index contributed by atoms with van der Waals surface area (Å²) >= 11 is 0. The largest absolute Gasteiger partial charge is 0.457 e. The van der Waals surface area contributed by atoms with Crippen LogP contribution in [0.2, 0.25) is 0 Å². The number of aromatic nitrogens is 1. The molecule has 8 heteroatoms. The summed E-state index contributed by atoms with van der Waals surface area (Å²) < 4.78 is 5.11. The molecule has 1 aliphatic rings. The number of aromatic amines is 1. The number of Topliss-reactive ketones (excluding diaryl/α,β-unsaturated/α-hetero) is 2. The van der Waals surface area contributed by atoms with Gasteiger partial charge in [0, 0.05) is 45.8 Å². The molecule has 0 radical (unpaired) electrons. The van der Waals surface area contributed by atoms with Crippen molar-refractivity contribution >= 4 is 28.4 Å². The highest BCUT2D eigenvalue weighted by Gasteiger charge is 2.44. The third-order valence-electron chi connectivity index (χ3n) is 5.78. The molecule has 0 aliphatic heterocycles. The summed E-state index contributed by atoms with van der Waals surface area (Å²) in [5.41, 5.74) is 2.42. The van der Waals surface area contributed by atoms with Gasteiger partial charge in [-0.15, -0.1) is 0 Å². The Kier molecular flexibility index (Phi) is 6.10. The Hall–Kier alpha value is -3.03. The first kappa shape index (κ1) is 20.7. The molecule has 0 saturated heterocycles. The minimum absolute atomic E-state index is 0.147. The van der Waals surface area contributed by atoms with Crippen molar-refractivity contribution in [1.82, 2.24) is 4.98 Å². The number of carbonyl (C=O) groups is 3. The Labute approximate surface area is 167 Å². The summed E-state index contributed by atoms with van der Waals surface area (Å²) in [7, 11) is 0. The van der Waals surface area contributed by atoms with Crippen LogP contribution in [0.3, 0.4) is 0 Å². The van der Waals surface area contributed by atoms with Crippen molar-refractivity contribution in [3.8, 4) is 0 Å². The predicted octanol–water partition coefficient (Wildman–Crippen LogP) is 2.96. The molecule has 154 valence electrons. The smallest absolute Gasteiger partial charge is 0.306 e. The maximum atomic E-state index is 12.5. The lowest BCUT2D eigenvalue weighted by atomic mass is 9.88. The third kappa shape index (κ3) is 4.36. The van der Waals surface area contributed by atoms with Gasteiger partial charge in [-0.3, -0.25) is 24.5 Å². The maximum absolute atomic E-state index is 12.5. The molecule has 3 atom stereocenters. The van der Waals surface area contributed by atoms with E-state index in [1.165, 1.54) is 0 Å². The number of nitrogens with one attached hydrogen (secondary N) is 1. The number of aryl methyl sites for hydroxylation is 1. The van der Waals surface area contributed by atoms with E-state index in [1.807, 2.05) is 25.1 Å². The summed E-state index contributed by atoms with van der Waals surface area (Å²) in [5.74, 6) is -2.54. The number of ketones is 2. The van der Waals surface area contributed by atoms with Gasteiger partial charge in [0.25, 0.3) is 0 Å². The Morgan fingerprint density at radius 3 is 2.79 bits per heavy atom. The first-order valence-electron chi connectivity index (χ1n) is 9.74. The van der Waals surface area contributed by atoms with E-state index < -0.39 is 29.3 Å². The van der Waals surface area contributed by atoms with Crippen molar-refractivity contribution in [2.45, 2.75) is 33.1 Å². The van der Waals surface area contributed by atoms with Gasteiger partial charge in [0.1, 0.15) is 5.78 Å². The van der Waals surface area contributed by atoms with Crippen LogP contribution in [0.15, 0.2) is 24.4 Å². The third-order valence-corrected chi connectivity index (χ3v) is 5.78. The van der Waals surface area contributed by atoms with Crippen LogP contribution in [0.5, 0.6) is 0 Å². The van der Waals surface area contributed by atoms with Gasteiger partial charge >= 0.3 is 5.97 Å². The molecule has 1 aromatic heterocycles. The van der Waals surface area contributed by atoms with E-state index in [-0.39, 0.29) is 36.9 Å². The SMILES string of the molecule is CCc1cccc2c(C(=O)COC(=O)C[C@@H]3C(=O)C[C@@H](C)[C@H]3C[N+](=O)[O-])c[nH]c12. The molecule has 0 unspecified atom stereocenters. The number of ether oxygens (including phenoxy) is 1. The molecule has 8 nitrogen and oxygen atoms in total. The lowest BCUT2D eigenvalue weighted by Gasteiger charge is -2.16. The van der Waals surface area contributed by atoms with E-state index >= 15 is 0 Å². The van der Waals surface area contributed by atoms with Crippen LogP contribution in [0.1, 0.15) is 42.6 Å². The van der Waals surface area contributed by atoms with Crippen molar-refractivity contribution in [1.29, 1.82) is 0 Å². The molecular weight excluding hydrogens is 376 g/mol. The maximum Gasteiger partial charge on any atom is 0.306 e. The number of benzene rings is 1. The van der Waals surface area contributed by atoms with Crippen molar-refractivity contribution in [3.05, 3.63) is 45.6 Å². The highest BCUT2D eigenvalue weighted by Crippen LogP contribution is 2.36. The Balaban J connectivity index is 1.63. The number of fused-ring (bicyclic) bond motifs is 1. The van der Waals surface area contributed by atoms with Crippen LogP contribution >= 0.6 is 0 Å². The molecule has 0 bridgehead atoms. The molecule has 29 heavy (non-hydrogen) atoms. The lowest BCUT2D eigenvalue weighted by Crippen LogP contribution is -2.28. The molecule has 1 heterocycles. The fraction of sp³-hybridized carbons (Fsp3) is 0.476. The van der Waals surface area contributed by atoms with Gasteiger partial charge in [0.15, 0.2) is 6.61 Å². The average Bonchev–Trinajstić information content (AvgIpc) is 3.22. The second-order valence-electron chi connectivity index (χ2n) is 7.62. The van der Waals surface area contributed by atoms with Crippen LogP contribution in [-0.2, 0) is 20.7 Å². The fourth-order valence-electron chi connectivity index (χ4n) is 4.20. The number of rotatable bonds is 8. The van der Waals surface area contributed by atoms with Gasteiger partial charge in [-0.2, -0.15) is 0 Å². The second-order valence-corrected chi connectivity index (χ2v) is 7.62. The van der Waals surface area contributed by atoms with Crippen LogP contribution in [0.25, 0.3) is 10.9 Å².